The highest BCUT2D eigenvalue weighted by Gasteiger charge is 2.17. The first-order valence-electron chi connectivity index (χ1n) is 7.61. The van der Waals surface area contributed by atoms with E-state index in [2.05, 4.69) is 4.98 Å². The number of rotatable bonds is 9. The van der Waals surface area contributed by atoms with Gasteiger partial charge in [0.25, 0.3) is 0 Å². The van der Waals surface area contributed by atoms with E-state index in [0.29, 0.717) is 18.0 Å². The van der Waals surface area contributed by atoms with Gasteiger partial charge in [0.05, 0.1) is 12.1 Å². The third-order valence-electron chi connectivity index (χ3n) is 3.74. The quantitative estimate of drug-likeness (QED) is 0.650. The lowest BCUT2D eigenvalue weighted by atomic mass is 10.2. The maximum absolute atomic E-state index is 12.3. The Morgan fingerprint density at radius 3 is 2.61 bits per heavy atom. The predicted octanol–water partition coefficient (Wildman–Crippen LogP) is 2.82. The largest absolute Gasteiger partial charge is 0.337 e. The van der Waals surface area contributed by atoms with Gasteiger partial charge in [-0.15, -0.1) is 0 Å². The fourth-order valence-electron chi connectivity index (χ4n) is 2.24. The highest BCUT2D eigenvalue weighted by atomic mass is 35.5. The molecule has 0 unspecified atom stereocenters. The highest BCUT2D eigenvalue weighted by Crippen LogP contribution is 2.11. The van der Waals surface area contributed by atoms with Crippen molar-refractivity contribution < 1.29 is 8.42 Å². The number of hydrogen-bond acceptors (Lipinski definition) is 3. The molecule has 0 saturated carbocycles. The molecule has 0 aliphatic heterocycles. The monoisotopic (exact) mass is 355 g/mol. The number of aryl methyl sites for hydroxylation is 2. The summed E-state index contributed by atoms with van der Waals surface area (Å²) in [5, 5.41) is 0.659. The molecule has 0 aliphatic rings. The van der Waals surface area contributed by atoms with Crippen molar-refractivity contribution in [1.82, 2.24) is 13.9 Å². The van der Waals surface area contributed by atoms with Crippen LogP contribution in [0, 0.1) is 0 Å². The third kappa shape index (κ3) is 5.97. The van der Waals surface area contributed by atoms with Crippen LogP contribution in [0.1, 0.15) is 18.4 Å². The van der Waals surface area contributed by atoms with Crippen LogP contribution in [0.4, 0.5) is 0 Å². The van der Waals surface area contributed by atoms with E-state index in [0.717, 1.165) is 24.9 Å². The van der Waals surface area contributed by atoms with Crippen LogP contribution in [0.2, 0.25) is 5.02 Å². The van der Waals surface area contributed by atoms with E-state index in [-0.39, 0.29) is 5.75 Å². The van der Waals surface area contributed by atoms with E-state index in [4.69, 9.17) is 11.6 Å². The predicted molar refractivity (Wildman–Crippen MR) is 93.0 cm³/mol. The molecule has 7 heteroatoms. The van der Waals surface area contributed by atoms with Gasteiger partial charge in [-0.3, -0.25) is 0 Å². The number of imidazole rings is 1. The molecule has 0 atom stereocenters. The van der Waals surface area contributed by atoms with Crippen molar-refractivity contribution in [2.45, 2.75) is 25.8 Å². The molecule has 0 radical (unpaired) electrons. The van der Waals surface area contributed by atoms with Gasteiger partial charge in [0.1, 0.15) is 0 Å². The van der Waals surface area contributed by atoms with E-state index >= 15 is 0 Å². The Morgan fingerprint density at radius 2 is 1.96 bits per heavy atom. The molecule has 1 aromatic carbocycles. The SMILES string of the molecule is CN(CCCCn1ccnc1)S(=O)(=O)CCc1ccc(Cl)cc1. The normalized spacial score (nSPS) is 12.0. The fraction of sp³-hybridized carbons (Fsp3) is 0.438. The number of benzene rings is 1. The first kappa shape index (κ1) is 18.0. The van der Waals surface area contributed by atoms with Gasteiger partial charge >= 0.3 is 0 Å². The van der Waals surface area contributed by atoms with Crippen LogP contribution in [0.25, 0.3) is 0 Å². The second-order valence-corrected chi connectivity index (χ2v) is 8.15. The lowest BCUT2D eigenvalue weighted by Gasteiger charge is -2.17. The summed E-state index contributed by atoms with van der Waals surface area (Å²) in [6.45, 7) is 1.40. The maximum atomic E-state index is 12.3. The Hall–Kier alpha value is -1.37. The first-order chi connectivity index (χ1) is 11.0. The van der Waals surface area contributed by atoms with E-state index < -0.39 is 10.0 Å². The molecule has 0 N–H and O–H groups in total. The number of aromatic nitrogens is 2. The van der Waals surface area contributed by atoms with Crippen molar-refractivity contribution in [2.24, 2.45) is 0 Å². The third-order valence-corrected chi connectivity index (χ3v) is 5.84. The van der Waals surface area contributed by atoms with E-state index in [1.54, 1.807) is 31.7 Å². The second-order valence-electron chi connectivity index (χ2n) is 5.52. The number of halogens is 1. The Bertz CT molecular complexity index is 685. The molecular formula is C16H22ClN3O2S. The molecule has 0 fully saturated rings. The zero-order chi connectivity index (χ0) is 16.7. The molecule has 0 saturated heterocycles. The number of sulfonamides is 1. The molecule has 0 aliphatic carbocycles. The summed E-state index contributed by atoms with van der Waals surface area (Å²) < 4.78 is 28.0. The average Bonchev–Trinajstić information content (AvgIpc) is 3.04. The summed E-state index contributed by atoms with van der Waals surface area (Å²) in [7, 11) is -1.57. The van der Waals surface area contributed by atoms with Crippen molar-refractivity contribution in [3.63, 3.8) is 0 Å². The second kappa shape index (κ2) is 8.47. The minimum absolute atomic E-state index is 0.118. The summed E-state index contributed by atoms with van der Waals surface area (Å²) in [5.74, 6) is 0.118. The van der Waals surface area contributed by atoms with Crippen LogP contribution in [0.3, 0.4) is 0 Å². The lowest BCUT2D eigenvalue weighted by molar-refractivity contribution is 0.446. The van der Waals surface area contributed by atoms with Gasteiger partial charge < -0.3 is 4.57 Å². The van der Waals surface area contributed by atoms with E-state index in [1.807, 2.05) is 22.9 Å². The van der Waals surface area contributed by atoms with Crippen LogP contribution in [0.5, 0.6) is 0 Å². The summed E-state index contributed by atoms with van der Waals surface area (Å²) >= 11 is 5.83. The number of unbranched alkanes of at least 4 members (excludes halogenated alkanes) is 1. The van der Waals surface area contributed by atoms with Gasteiger partial charge in [-0.1, -0.05) is 23.7 Å². The minimum Gasteiger partial charge on any atom is -0.337 e. The van der Waals surface area contributed by atoms with Crippen molar-refractivity contribution in [3.05, 3.63) is 53.6 Å². The first-order valence-corrected chi connectivity index (χ1v) is 9.60. The van der Waals surface area contributed by atoms with Crippen LogP contribution in [0.15, 0.2) is 43.0 Å². The smallest absolute Gasteiger partial charge is 0.214 e. The van der Waals surface area contributed by atoms with Crippen molar-refractivity contribution >= 4 is 21.6 Å². The summed E-state index contributed by atoms with van der Waals surface area (Å²) in [6, 6.07) is 7.29. The number of nitrogens with zero attached hydrogens (tertiary/aromatic N) is 3. The van der Waals surface area contributed by atoms with Gasteiger partial charge in [0.15, 0.2) is 0 Å². The molecule has 2 rings (SSSR count). The molecule has 5 nitrogen and oxygen atoms in total. The summed E-state index contributed by atoms with van der Waals surface area (Å²) in [5.41, 5.74) is 0.978. The van der Waals surface area contributed by atoms with Crippen molar-refractivity contribution in [2.75, 3.05) is 19.3 Å². The topological polar surface area (TPSA) is 55.2 Å². The Kier molecular flexibility index (Phi) is 6.62. The Morgan fingerprint density at radius 1 is 1.22 bits per heavy atom. The fourth-order valence-corrected chi connectivity index (χ4v) is 3.58. The Balaban J connectivity index is 1.73. The van der Waals surface area contributed by atoms with Crippen LogP contribution >= 0.6 is 11.6 Å². The van der Waals surface area contributed by atoms with E-state index in [9.17, 15) is 8.42 Å². The van der Waals surface area contributed by atoms with Gasteiger partial charge in [-0.2, -0.15) is 0 Å². The minimum atomic E-state index is -3.22. The molecule has 0 spiro atoms. The van der Waals surface area contributed by atoms with Crippen molar-refractivity contribution in [3.8, 4) is 0 Å². The number of hydrogen-bond donors (Lipinski definition) is 0. The zero-order valence-corrected chi connectivity index (χ0v) is 14.8. The molecule has 0 amide bonds. The van der Waals surface area contributed by atoms with Gasteiger partial charge in [-0.25, -0.2) is 17.7 Å². The van der Waals surface area contributed by atoms with Gasteiger partial charge in [-0.05, 0) is 37.0 Å². The van der Waals surface area contributed by atoms with Gasteiger partial charge in [0, 0.05) is 37.6 Å². The summed E-state index contributed by atoms with van der Waals surface area (Å²) in [6.07, 6.45) is 7.67. The van der Waals surface area contributed by atoms with Crippen LogP contribution in [-0.2, 0) is 23.0 Å². The summed E-state index contributed by atoms with van der Waals surface area (Å²) in [4.78, 5) is 3.98. The molecule has 126 valence electrons. The molecular weight excluding hydrogens is 334 g/mol. The van der Waals surface area contributed by atoms with Gasteiger partial charge in [0.2, 0.25) is 10.0 Å². The maximum Gasteiger partial charge on any atom is 0.214 e. The molecule has 23 heavy (non-hydrogen) atoms. The molecule has 1 aromatic heterocycles. The average molecular weight is 356 g/mol. The molecule has 0 bridgehead atoms. The van der Waals surface area contributed by atoms with Crippen molar-refractivity contribution in [1.29, 1.82) is 0 Å². The van der Waals surface area contributed by atoms with Crippen LogP contribution in [-0.4, -0.2) is 41.6 Å². The molecule has 2 aromatic rings. The van der Waals surface area contributed by atoms with Crippen LogP contribution < -0.4 is 0 Å². The molecule has 1 heterocycles. The Labute approximate surface area is 143 Å². The highest BCUT2D eigenvalue weighted by molar-refractivity contribution is 7.89. The zero-order valence-electron chi connectivity index (χ0n) is 13.2. The standard InChI is InChI=1S/C16H22ClN3O2S/c1-19(10-2-3-11-20-12-9-18-14-20)23(21,22)13-8-15-4-6-16(17)7-5-15/h4-7,9,12,14H,2-3,8,10-11,13H2,1H3. The van der Waals surface area contributed by atoms with E-state index in [1.165, 1.54) is 4.31 Å². The lowest BCUT2D eigenvalue weighted by Crippen LogP contribution is -2.31.